The number of halogens is 3. The summed E-state index contributed by atoms with van der Waals surface area (Å²) in [5.41, 5.74) is 0.279. The highest BCUT2D eigenvalue weighted by Crippen LogP contribution is 2.29. The van der Waals surface area contributed by atoms with Gasteiger partial charge in [-0.15, -0.1) is 0 Å². The van der Waals surface area contributed by atoms with E-state index in [4.69, 9.17) is 4.84 Å². The van der Waals surface area contributed by atoms with Gasteiger partial charge in [-0.2, -0.15) is 13.2 Å². The lowest BCUT2D eigenvalue weighted by molar-refractivity contribution is -0.137. The van der Waals surface area contributed by atoms with E-state index in [1.807, 2.05) is 6.92 Å². The first-order chi connectivity index (χ1) is 7.99. The molecule has 0 bridgehead atoms. The van der Waals surface area contributed by atoms with Crippen LogP contribution >= 0.6 is 0 Å². The minimum Gasteiger partial charge on any atom is -0.396 e. The first kappa shape index (κ1) is 13.5. The lowest BCUT2D eigenvalue weighted by Gasteiger charge is -2.09. The van der Waals surface area contributed by atoms with Crippen molar-refractivity contribution in [2.75, 3.05) is 6.61 Å². The van der Waals surface area contributed by atoms with E-state index in [9.17, 15) is 13.2 Å². The Morgan fingerprint density at radius 3 is 2.53 bits per heavy atom. The topological polar surface area (TPSA) is 21.6 Å². The van der Waals surface area contributed by atoms with Crippen LogP contribution in [-0.4, -0.2) is 12.3 Å². The second kappa shape index (κ2) is 5.70. The van der Waals surface area contributed by atoms with Crippen LogP contribution in [0.1, 0.15) is 31.4 Å². The predicted molar refractivity (Wildman–Crippen MR) is 59.9 cm³/mol. The molecule has 94 valence electrons. The third-order valence-electron chi connectivity index (χ3n) is 2.16. The highest BCUT2D eigenvalue weighted by molar-refractivity contribution is 6.00. The predicted octanol–water partition coefficient (Wildman–Crippen LogP) is 3.86. The number of rotatable bonds is 4. The smallest absolute Gasteiger partial charge is 0.396 e. The molecule has 0 saturated heterocycles. The van der Waals surface area contributed by atoms with Crippen LogP contribution in [0.2, 0.25) is 0 Å². The summed E-state index contributed by atoms with van der Waals surface area (Å²) >= 11 is 0. The second-order valence-corrected chi connectivity index (χ2v) is 3.39. The fourth-order valence-corrected chi connectivity index (χ4v) is 1.34. The van der Waals surface area contributed by atoms with Gasteiger partial charge in [-0.3, -0.25) is 0 Å². The molecule has 0 radical (unpaired) electrons. The van der Waals surface area contributed by atoms with Crippen molar-refractivity contribution in [3.63, 3.8) is 0 Å². The molecule has 0 atom stereocenters. The molecule has 0 heterocycles. The Labute approximate surface area is 98.1 Å². The average Bonchev–Trinajstić information content (AvgIpc) is 2.29. The summed E-state index contributed by atoms with van der Waals surface area (Å²) in [6, 6.07) is 5.09. The van der Waals surface area contributed by atoms with E-state index in [1.165, 1.54) is 6.07 Å². The fourth-order valence-electron chi connectivity index (χ4n) is 1.34. The van der Waals surface area contributed by atoms with E-state index in [0.29, 0.717) is 24.3 Å². The van der Waals surface area contributed by atoms with Gasteiger partial charge < -0.3 is 4.84 Å². The Bertz CT molecular complexity index is 399. The van der Waals surface area contributed by atoms with E-state index in [1.54, 1.807) is 13.0 Å². The maximum atomic E-state index is 12.5. The van der Waals surface area contributed by atoms with Gasteiger partial charge in [0.05, 0.1) is 11.3 Å². The van der Waals surface area contributed by atoms with Crippen LogP contribution in [0, 0.1) is 0 Å². The van der Waals surface area contributed by atoms with Gasteiger partial charge in [-0.1, -0.05) is 24.2 Å². The molecule has 1 aromatic rings. The van der Waals surface area contributed by atoms with Gasteiger partial charge >= 0.3 is 6.18 Å². The highest BCUT2D eigenvalue weighted by atomic mass is 19.4. The third kappa shape index (κ3) is 3.76. The molecular formula is C12H14F3NO. The van der Waals surface area contributed by atoms with Gasteiger partial charge in [0.15, 0.2) is 0 Å². The molecule has 0 N–H and O–H groups in total. The van der Waals surface area contributed by atoms with Crippen LogP contribution in [0.15, 0.2) is 29.4 Å². The number of alkyl halides is 3. The van der Waals surface area contributed by atoms with Crippen molar-refractivity contribution in [3.8, 4) is 0 Å². The normalized spacial score (nSPS) is 12.6. The molecule has 0 unspecified atom stereocenters. The first-order valence-corrected chi connectivity index (χ1v) is 5.35. The van der Waals surface area contributed by atoms with Crippen molar-refractivity contribution in [1.82, 2.24) is 0 Å². The zero-order valence-corrected chi connectivity index (χ0v) is 9.71. The van der Waals surface area contributed by atoms with Crippen molar-refractivity contribution in [2.45, 2.75) is 26.4 Å². The molecule has 0 amide bonds. The molecule has 0 aromatic heterocycles. The number of benzene rings is 1. The highest BCUT2D eigenvalue weighted by Gasteiger charge is 2.30. The number of oxime groups is 1. The lowest BCUT2D eigenvalue weighted by atomic mass is 10.0. The van der Waals surface area contributed by atoms with Crippen LogP contribution in [0.4, 0.5) is 13.2 Å². The molecule has 0 aliphatic carbocycles. The molecule has 0 aliphatic heterocycles. The van der Waals surface area contributed by atoms with Crippen LogP contribution in [0.25, 0.3) is 0 Å². The van der Waals surface area contributed by atoms with Crippen molar-refractivity contribution < 1.29 is 18.0 Å². The fraction of sp³-hybridized carbons (Fsp3) is 0.417. The molecule has 0 saturated carbocycles. The summed E-state index contributed by atoms with van der Waals surface area (Å²) < 4.78 is 37.5. The number of hydrogen-bond acceptors (Lipinski definition) is 2. The number of nitrogens with zero attached hydrogens (tertiary/aromatic N) is 1. The summed E-state index contributed by atoms with van der Waals surface area (Å²) in [4.78, 5) is 4.87. The molecule has 1 rings (SSSR count). The van der Waals surface area contributed by atoms with Crippen LogP contribution < -0.4 is 0 Å². The summed E-state index contributed by atoms with van der Waals surface area (Å²) in [5, 5.41) is 3.80. The molecule has 17 heavy (non-hydrogen) atoms. The van der Waals surface area contributed by atoms with E-state index < -0.39 is 11.7 Å². The minimum atomic E-state index is -4.33. The molecule has 1 aromatic carbocycles. The summed E-state index contributed by atoms with van der Waals surface area (Å²) in [7, 11) is 0. The molecule has 2 nitrogen and oxygen atoms in total. The first-order valence-electron chi connectivity index (χ1n) is 5.35. The third-order valence-corrected chi connectivity index (χ3v) is 2.16. The standard InChI is InChI=1S/C12H14F3NO/c1-3-11(16-17-4-2)9-6-5-7-10(8-9)12(13,14)15/h5-8H,3-4H2,1-2H3/b16-11+. The van der Waals surface area contributed by atoms with Crippen molar-refractivity contribution in [3.05, 3.63) is 35.4 Å². The van der Waals surface area contributed by atoms with Gasteiger partial charge in [0.1, 0.15) is 6.61 Å². The minimum absolute atomic E-state index is 0.391. The monoisotopic (exact) mass is 245 g/mol. The molecule has 0 fully saturated rings. The van der Waals surface area contributed by atoms with Gasteiger partial charge in [0.25, 0.3) is 0 Å². The van der Waals surface area contributed by atoms with Crippen molar-refractivity contribution in [1.29, 1.82) is 0 Å². The van der Waals surface area contributed by atoms with Crippen molar-refractivity contribution >= 4 is 5.71 Å². The maximum absolute atomic E-state index is 12.5. The van der Waals surface area contributed by atoms with Crippen LogP contribution in [0.3, 0.4) is 0 Å². The molecular weight excluding hydrogens is 231 g/mol. The zero-order valence-electron chi connectivity index (χ0n) is 9.71. The van der Waals surface area contributed by atoms with E-state index in [-0.39, 0.29) is 0 Å². The van der Waals surface area contributed by atoms with Crippen LogP contribution in [0.5, 0.6) is 0 Å². The van der Waals surface area contributed by atoms with Gasteiger partial charge in [-0.25, -0.2) is 0 Å². The molecule has 0 spiro atoms. The summed E-state index contributed by atoms with van der Waals surface area (Å²) in [5.74, 6) is 0. The molecule has 5 heteroatoms. The van der Waals surface area contributed by atoms with E-state index in [2.05, 4.69) is 5.16 Å². The Kier molecular flexibility index (Phi) is 4.54. The molecule has 0 aliphatic rings. The largest absolute Gasteiger partial charge is 0.416 e. The lowest BCUT2D eigenvalue weighted by Crippen LogP contribution is -2.08. The SMILES string of the molecule is CCO/N=C(\CC)c1cccc(C(F)(F)F)c1. The van der Waals surface area contributed by atoms with Gasteiger partial charge in [-0.05, 0) is 31.0 Å². The second-order valence-electron chi connectivity index (χ2n) is 3.39. The quantitative estimate of drug-likeness (QED) is 0.583. The summed E-state index contributed by atoms with van der Waals surface area (Å²) in [6.07, 6.45) is -3.82. The van der Waals surface area contributed by atoms with E-state index >= 15 is 0 Å². The van der Waals surface area contributed by atoms with Crippen molar-refractivity contribution in [2.24, 2.45) is 5.16 Å². The Hall–Kier alpha value is -1.52. The average molecular weight is 245 g/mol. The van der Waals surface area contributed by atoms with E-state index in [0.717, 1.165) is 12.1 Å². The maximum Gasteiger partial charge on any atom is 0.416 e. The Morgan fingerprint density at radius 2 is 2.00 bits per heavy atom. The number of hydrogen-bond donors (Lipinski definition) is 0. The summed E-state index contributed by atoms with van der Waals surface area (Å²) in [6.45, 7) is 3.98. The van der Waals surface area contributed by atoms with Crippen LogP contribution in [-0.2, 0) is 11.0 Å². The van der Waals surface area contributed by atoms with Gasteiger partial charge in [0.2, 0.25) is 0 Å². The zero-order chi connectivity index (χ0) is 12.9. The Morgan fingerprint density at radius 1 is 1.29 bits per heavy atom. The van der Waals surface area contributed by atoms with Gasteiger partial charge in [0, 0.05) is 0 Å². The Balaban J connectivity index is 3.05.